The predicted octanol–water partition coefficient (Wildman–Crippen LogP) is 1.28. The van der Waals surface area contributed by atoms with Crippen LogP contribution in [0.1, 0.15) is 25.7 Å². The second-order valence-electron chi connectivity index (χ2n) is 5.39. The second kappa shape index (κ2) is 3.48. The molecule has 0 radical (unpaired) electrons. The number of hydrogen-bond donors (Lipinski definition) is 0. The minimum absolute atomic E-state index is 0.333. The lowest BCUT2D eigenvalue weighted by Crippen LogP contribution is -2.40. The van der Waals surface area contributed by atoms with E-state index >= 15 is 0 Å². The molecule has 15 heavy (non-hydrogen) atoms. The summed E-state index contributed by atoms with van der Waals surface area (Å²) >= 11 is 0. The van der Waals surface area contributed by atoms with Crippen molar-refractivity contribution in [1.29, 1.82) is 0 Å². The average Bonchev–Trinajstić information content (AvgIpc) is 2.77. The van der Waals surface area contributed by atoms with E-state index in [2.05, 4.69) is 0 Å². The number of hydrogen-bond acceptors (Lipinski definition) is 2. The number of ether oxygens (including phenoxy) is 1. The smallest absolute Gasteiger partial charge is 0.225 e. The minimum Gasteiger partial charge on any atom is -0.379 e. The van der Waals surface area contributed by atoms with E-state index in [1.54, 1.807) is 0 Å². The van der Waals surface area contributed by atoms with E-state index < -0.39 is 0 Å². The summed E-state index contributed by atoms with van der Waals surface area (Å²) < 4.78 is 5.33. The maximum atomic E-state index is 12.2. The molecule has 3 aliphatic rings. The zero-order chi connectivity index (χ0) is 10.4. The molecule has 3 heteroatoms. The Kier molecular flexibility index (Phi) is 2.23. The first kappa shape index (κ1) is 9.64. The predicted molar refractivity (Wildman–Crippen MR) is 56.3 cm³/mol. The van der Waals surface area contributed by atoms with Crippen molar-refractivity contribution >= 4 is 5.91 Å². The third kappa shape index (κ3) is 1.67. The topological polar surface area (TPSA) is 29.5 Å². The maximum Gasteiger partial charge on any atom is 0.225 e. The van der Waals surface area contributed by atoms with E-state index in [0.29, 0.717) is 17.9 Å². The van der Waals surface area contributed by atoms with Gasteiger partial charge >= 0.3 is 0 Å². The highest BCUT2D eigenvalue weighted by molar-refractivity contribution is 5.79. The molecule has 0 spiro atoms. The molecular weight excluding hydrogens is 190 g/mol. The normalized spacial score (nSPS) is 42.7. The summed E-state index contributed by atoms with van der Waals surface area (Å²) in [6.45, 7) is 1.56. The molecule has 1 saturated heterocycles. The third-order valence-electron chi connectivity index (χ3n) is 4.39. The van der Waals surface area contributed by atoms with Crippen molar-refractivity contribution in [3.05, 3.63) is 0 Å². The maximum absolute atomic E-state index is 12.2. The third-order valence-corrected chi connectivity index (χ3v) is 4.39. The first-order valence-electron chi connectivity index (χ1n) is 6.10. The van der Waals surface area contributed by atoms with Crippen molar-refractivity contribution in [3.8, 4) is 0 Å². The Balaban J connectivity index is 1.58. The van der Waals surface area contributed by atoms with Crippen molar-refractivity contribution in [2.75, 3.05) is 20.3 Å². The monoisotopic (exact) mass is 209 g/mol. The number of nitrogens with zero attached hydrogens (tertiary/aromatic N) is 1. The molecule has 3 atom stereocenters. The summed E-state index contributed by atoms with van der Waals surface area (Å²) in [7, 11) is 1.95. The van der Waals surface area contributed by atoms with Gasteiger partial charge in [-0.25, -0.2) is 0 Å². The molecular formula is C12H19NO2. The molecule has 3 unspecified atom stereocenters. The summed E-state index contributed by atoms with van der Waals surface area (Å²) in [5.41, 5.74) is 0. The molecule has 0 aromatic carbocycles. The van der Waals surface area contributed by atoms with Gasteiger partial charge < -0.3 is 9.64 Å². The van der Waals surface area contributed by atoms with Gasteiger partial charge in [0.2, 0.25) is 5.91 Å². The average molecular weight is 209 g/mol. The number of rotatable bonds is 2. The van der Waals surface area contributed by atoms with Crippen LogP contribution >= 0.6 is 0 Å². The van der Waals surface area contributed by atoms with Crippen molar-refractivity contribution < 1.29 is 9.53 Å². The molecule has 3 nitrogen and oxygen atoms in total. The van der Waals surface area contributed by atoms with Crippen molar-refractivity contribution in [3.63, 3.8) is 0 Å². The lowest BCUT2D eigenvalue weighted by molar-refractivity contribution is -0.136. The lowest BCUT2D eigenvalue weighted by atomic mass is 10.0. The molecule has 2 saturated carbocycles. The molecule has 1 heterocycles. The Morgan fingerprint density at radius 3 is 2.60 bits per heavy atom. The number of carbonyl (C=O) groups excluding carboxylic acids is 1. The SMILES string of the molecule is CN(C(=O)C1CC2CC2C1)C1CCOC1. The van der Waals surface area contributed by atoms with E-state index in [-0.39, 0.29) is 0 Å². The van der Waals surface area contributed by atoms with Crippen LogP contribution in [-0.4, -0.2) is 37.1 Å². The molecule has 0 aromatic heterocycles. The van der Waals surface area contributed by atoms with Gasteiger partial charge in [-0.15, -0.1) is 0 Å². The van der Waals surface area contributed by atoms with Crippen LogP contribution in [0, 0.1) is 17.8 Å². The van der Waals surface area contributed by atoms with Gasteiger partial charge in [0.25, 0.3) is 0 Å². The molecule has 3 fully saturated rings. The van der Waals surface area contributed by atoms with Crippen LogP contribution in [0.4, 0.5) is 0 Å². The van der Waals surface area contributed by atoms with Gasteiger partial charge in [0.1, 0.15) is 0 Å². The highest BCUT2D eigenvalue weighted by atomic mass is 16.5. The minimum atomic E-state index is 0.333. The zero-order valence-electron chi connectivity index (χ0n) is 9.32. The highest BCUT2D eigenvalue weighted by Crippen LogP contribution is 2.54. The van der Waals surface area contributed by atoms with Crippen LogP contribution in [-0.2, 0) is 9.53 Å². The molecule has 84 valence electrons. The van der Waals surface area contributed by atoms with Gasteiger partial charge in [0.15, 0.2) is 0 Å². The van der Waals surface area contributed by atoms with Crippen LogP contribution in [0.25, 0.3) is 0 Å². The Morgan fingerprint density at radius 1 is 1.27 bits per heavy atom. The van der Waals surface area contributed by atoms with Gasteiger partial charge in [-0.05, 0) is 37.5 Å². The quantitative estimate of drug-likeness (QED) is 0.685. The standard InChI is InChI=1S/C12H19NO2/c1-13(11-2-3-15-7-11)12(14)10-5-8-4-9(8)6-10/h8-11H,2-7H2,1H3. The van der Waals surface area contributed by atoms with Crippen molar-refractivity contribution in [2.24, 2.45) is 17.8 Å². The Bertz CT molecular complexity index is 263. The fourth-order valence-electron chi connectivity index (χ4n) is 3.21. The highest BCUT2D eigenvalue weighted by Gasteiger charge is 2.49. The van der Waals surface area contributed by atoms with E-state index in [1.165, 1.54) is 6.42 Å². The van der Waals surface area contributed by atoms with E-state index in [1.807, 2.05) is 11.9 Å². The van der Waals surface area contributed by atoms with E-state index in [9.17, 15) is 4.79 Å². The first-order chi connectivity index (χ1) is 7.25. The second-order valence-corrected chi connectivity index (χ2v) is 5.39. The van der Waals surface area contributed by atoms with Gasteiger partial charge in [-0.3, -0.25) is 4.79 Å². The molecule has 2 aliphatic carbocycles. The molecule has 0 bridgehead atoms. The van der Waals surface area contributed by atoms with Crippen LogP contribution in [0.5, 0.6) is 0 Å². The zero-order valence-corrected chi connectivity index (χ0v) is 9.32. The van der Waals surface area contributed by atoms with Gasteiger partial charge in [-0.2, -0.15) is 0 Å². The molecule has 1 amide bonds. The van der Waals surface area contributed by atoms with E-state index in [4.69, 9.17) is 4.74 Å². The van der Waals surface area contributed by atoms with Crippen LogP contribution in [0.15, 0.2) is 0 Å². The lowest BCUT2D eigenvalue weighted by Gasteiger charge is -2.26. The van der Waals surface area contributed by atoms with Crippen LogP contribution in [0.3, 0.4) is 0 Å². The Morgan fingerprint density at radius 2 is 2.00 bits per heavy atom. The molecule has 0 aromatic rings. The fraction of sp³-hybridized carbons (Fsp3) is 0.917. The number of likely N-dealkylation sites (N-methyl/N-ethyl adjacent to an activating group) is 1. The molecule has 0 N–H and O–H groups in total. The van der Waals surface area contributed by atoms with Crippen LogP contribution in [0.2, 0.25) is 0 Å². The summed E-state index contributed by atoms with van der Waals surface area (Å²) in [6, 6.07) is 0.342. The van der Waals surface area contributed by atoms with E-state index in [0.717, 1.165) is 44.3 Å². The Labute approximate surface area is 90.8 Å². The fourth-order valence-corrected chi connectivity index (χ4v) is 3.21. The summed E-state index contributed by atoms with van der Waals surface area (Å²) in [4.78, 5) is 14.1. The summed E-state index contributed by atoms with van der Waals surface area (Å²) in [5, 5.41) is 0. The number of amides is 1. The van der Waals surface area contributed by atoms with Crippen molar-refractivity contribution in [1.82, 2.24) is 4.90 Å². The Hall–Kier alpha value is -0.570. The van der Waals surface area contributed by atoms with Gasteiger partial charge in [0.05, 0.1) is 12.6 Å². The molecule has 3 rings (SSSR count). The van der Waals surface area contributed by atoms with Crippen LogP contribution < -0.4 is 0 Å². The molecule has 1 aliphatic heterocycles. The largest absolute Gasteiger partial charge is 0.379 e. The van der Waals surface area contributed by atoms with Gasteiger partial charge in [-0.1, -0.05) is 0 Å². The summed E-state index contributed by atoms with van der Waals surface area (Å²) in [5.74, 6) is 2.50. The number of fused-ring (bicyclic) bond motifs is 1. The first-order valence-corrected chi connectivity index (χ1v) is 6.10. The van der Waals surface area contributed by atoms with Crippen molar-refractivity contribution in [2.45, 2.75) is 31.7 Å². The number of carbonyl (C=O) groups is 1. The summed E-state index contributed by atoms with van der Waals surface area (Å²) in [6.07, 6.45) is 4.71. The van der Waals surface area contributed by atoms with Gasteiger partial charge in [0, 0.05) is 19.6 Å².